The maximum Gasteiger partial charge on any atom is 0.252 e. The van der Waals surface area contributed by atoms with Crippen LogP contribution in [0.1, 0.15) is 32.1 Å². The molecule has 0 aromatic heterocycles. The Morgan fingerprint density at radius 3 is 2.17 bits per heavy atom. The zero-order chi connectivity index (χ0) is 20.6. The van der Waals surface area contributed by atoms with Crippen molar-refractivity contribution in [2.24, 2.45) is 0 Å². The van der Waals surface area contributed by atoms with Gasteiger partial charge in [-0.15, -0.1) is 0 Å². The molecule has 2 aliphatic rings. The van der Waals surface area contributed by atoms with Crippen LogP contribution in [0.4, 0.5) is 5.69 Å². The molecule has 0 bridgehead atoms. The van der Waals surface area contributed by atoms with Crippen LogP contribution in [0.2, 0.25) is 0 Å². The van der Waals surface area contributed by atoms with Crippen LogP contribution in [-0.4, -0.2) is 36.6 Å². The van der Waals surface area contributed by atoms with E-state index < -0.39 is 22.0 Å². The number of amides is 2. The maximum absolute atomic E-state index is 13.5. The first-order valence-electron chi connectivity index (χ1n) is 9.60. The van der Waals surface area contributed by atoms with Crippen molar-refractivity contribution in [1.82, 2.24) is 4.31 Å². The van der Waals surface area contributed by atoms with Crippen LogP contribution in [-0.2, 0) is 19.6 Å². The zero-order valence-electron chi connectivity index (χ0n) is 15.7. The molecule has 29 heavy (non-hydrogen) atoms. The Hall–Kier alpha value is -1.78. The lowest BCUT2D eigenvalue weighted by Crippen LogP contribution is -2.49. The number of hydrogen-bond donors (Lipinski definition) is 0. The summed E-state index contributed by atoms with van der Waals surface area (Å²) in [5.74, 6) is -0.838. The lowest BCUT2D eigenvalue weighted by Gasteiger charge is -2.32. The van der Waals surface area contributed by atoms with Gasteiger partial charge in [0.25, 0.3) is 5.91 Å². The molecule has 0 spiro atoms. The molecular weight excluding hydrogens is 503 g/mol. The van der Waals surface area contributed by atoms with Gasteiger partial charge in [-0.25, -0.2) is 13.3 Å². The van der Waals surface area contributed by atoms with Gasteiger partial charge in [0, 0.05) is 9.61 Å². The van der Waals surface area contributed by atoms with E-state index in [4.69, 9.17) is 0 Å². The summed E-state index contributed by atoms with van der Waals surface area (Å²) in [5, 5.41) is 0. The summed E-state index contributed by atoms with van der Waals surface area (Å²) in [6.45, 7) is 0. The Balaban J connectivity index is 1.73. The summed E-state index contributed by atoms with van der Waals surface area (Å²) in [7, 11) is -3.90. The molecule has 2 aromatic carbocycles. The second-order valence-electron chi connectivity index (χ2n) is 7.35. The highest BCUT2D eigenvalue weighted by atomic mass is 127. The van der Waals surface area contributed by atoms with Crippen molar-refractivity contribution >= 4 is 50.1 Å². The van der Waals surface area contributed by atoms with E-state index in [1.54, 1.807) is 30.3 Å². The van der Waals surface area contributed by atoms with Crippen LogP contribution in [0.25, 0.3) is 0 Å². The number of halogens is 1. The molecular formula is C21H21IN2O4S. The highest BCUT2D eigenvalue weighted by molar-refractivity contribution is 14.1. The van der Waals surface area contributed by atoms with Crippen molar-refractivity contribution in [3.8, 4) is 0 Å². The average Bonchev–Trinajstić information content (AvgIpc) is 3.32. The van der Waals surface area contributed by atoms with Crippen molar-refractivity contribution in [2.45, 2.75) is 49.1 Å². The van der Waals surface area contributed by atoms with Gasteiger partial charge in [-0.1, -0.05) is 31.0 Å². The predicted molar refractivity (Wildman–Crippen MR) is 118 cm³/mol. The Labute approximate surface area is 184 Å². The molecule has 1 heterocycles. The van der Waals surface area contributed by atoms with Gasteiger partial charge in [0.05, 0.1) is 17.0 Å². The molecule has 1 saturated heterocycles. The van der Waals surface area contributed by atoms with E-state index in [1.165, 1.54) is 16.4 Å². The molecule has 2 amide bonds. The fourth-order valence-corrected chi connectivity index (χ4v) is 6.37. The molecule has 6 nitrogen and oxygen atoms in total. The number of carbonyl (C=O) groups excluding carboxylic acids is 2. The number of benzene rings is 2. The molecule has 1 aliphatic carbocycles. The second-order valence-corrected chi connectivity index (χ2v) is 10.4. The lowest BCUT2D eigenvalue weighted by atomic mass is 10.2. The van der Waals surface area contributed by atoms with Crippen molar-refractivity contribution in [2.75, 3.05) is 4.90 Å². The van der Waals surface area contributed by atoms with E-state index in [1.807, 2.05) is 12.1 Å². The molecule has 2 aromatic rings. The zero-order valence-corrected chi connectivity index (χ0v) is 18.7. The second kappa shape index (κ2) is 8.16. The monoisotopic (exact) mass is 524 g/mol. The molecule has 1 unspecified atom stereocenters. The van der Waals surface area contributed by atoms with Crippen LogP contribution >= 0.6 is 22.6 Å². The number of rotatable bonds is 5. The highest BCUT2D eigenvalue weighted by Gasteiger charge is 2.49. The molecule has 1 atom stereocenters. The summed E-state index contributed by atoms with van der Waals surface area (Å²) >= 11 is 2.15. The van der Waals surface area contributed by atoms with Gasteiger partial charge in [0.1, 0.15) is 6.04 Å². The van der Waals surface area contributed by atoms with Crippen molar-refractivity contribution < 1.29 is 18.0 Å². The quantitative estimate of drug-likeness (QED) is 0.443. The van der Waals surface area contributed by atoms with Gasteiger partial charge in [-0.3, -0.25) is 9.59 Å². The standard InChI is InChI=1S/C21H21IN2O4S/c22-15-10-12-16(13-11-15)23-20(25)14-19(21(23)26)24(17-6-4-5-7-17)29(27,28)18-8-2-1-3-9-18/h1-3,8-13,17,19H,4-7,14H2. The molecule has 152 valence electrons. The van der Waals surface area contributed by atoms with Crippen molar-refractivity contribution in [3.05, 3.63) is 58.2 Å². The maximum atomic E-state index is 13.5. The minimum atomic E-state index is -3.90. The van der Waals surface area contributed by atoms with Gasteiger partial charge in [-0.2, -0.15) is 4.31 Å². The van der Waals surface area contributed by atoms with Crippen molar-refractivity contribution in [1.29, 1.82) is 0 Å². The Morgan fingerprint density at radius 2 is 1.55 bits per heavy atom. The van der Waals surface area contributed by atoms with Crippen LogP contribution in [0.3, 0.4) is 0 Å². The Bertz CT molecular complexity index is 1020. The van der Waals surface area contributed by atoms with Gasteiger partial charge in [-0.05, 0) is 71.8 Å². The summed E-state index contributed by atoms with van der Waals surface area (Å²) in [6, 6.07) is 14.0. The smallest absolute Gasteiger partial charge is 0.252 e. The molecule has 8 heteroatoms. The summed E-state index contributed by atoms with van der Waals surface area (Å²) in [4.78, 5) is 27.3. The molecule has 0 N–H and O–H groups in total. The number of nitrogens with zero attached hydrogens (tertiary/aromatic N) is 2. The van der Waals surface area contributed by atoms with E-state index in [-0.39, 0.29) is 23.3 Å². The third-order valence-electron chi connectivity index (χ3n) is 5.52. The minimum Gasteiger partial charge on any atom is -0.274 e. The average molecular weight is 524 g/mol. The molecule has 2 fully saturated rings. The van der Waals surface area contributed by atoms with Crippen LogP contribution < -0.4 is 4.90 Å². The third kappa shape index (κ3) is 3.85. The van der Waals surface area contributed by atoms with Crippen LogP contribution in [0, 0.1) is 3.57 Å². The Kier molecular flexibility index (Phi) is 5.76. The SMILES string of the molecule is O=C1CC(N(C2CCCC2)S(=O)(=O)c2ccccc2)C(=O)N1c1ccc(I)cc1. The minimum absolute atomic E-state index is 0.132. The van der Waals surface area contributed by atoms with E-state index >= 15 is 0 Å². The Morgan fingerprint density at radius 1 is 0.931 bits per heavy atom. The lowest BCUT2D eigenvalue weighted by molar-refractivity contribution is -0.122. The number of carbonyl (C=O) groups is 2. The first-order valence-corrected chi connectivity index (χ1v) is 12.1. The van der Waals surface area contributed by atoms with Crippen LogP contribution in [0.15, 0.2) is 59.5 Å². The van der Waals surface area contributed by atoms with Gasteiger partial charge >= 0.3 is 0 Å². The topological polar surface area (TPSA) is 74.8 Å². The molecule has 1 saturated carbocycles. The van der Waals surface area contributed by atoms with Gasteiger partial charge in [0.2, 0.25) is 15.9 Å². The molecule has 1 aliphatic heterocycles. The first kappa shape index (κ1) is 20.5. The normalized spacial score (nSPS) is 20.8. The molecule has 4 rings (SSSR count). The van der Waals surface area contributed by atoms with Gasteiger partial charge < -0.3 is 0 Å². The molecule has 0 radical (unpaired) electrons. The fourth-order valence-electron chi connectivity index (χ4n) is 4.17. The van der Waals surface area contributed by atoms with Crippen molar-refractivity contribution in [3.63, 3.8) is 0 Å². The number of anilines is 1. The summed E-state index contributed by atoms with van der Waals surface area (Å²) in [5.41, 5.74) is 0.478. The largest absolute Gasteiger partial charge is 0.274 e. The fraction of sp³-hybridized carbons (Fsp3) is 0.333. The van der Waals surface area contributed by atoms with E-state index in [9.17, 15) is 18.0 Å². The predicted octanol–water partition coefficient (Wildman–Crippen LogP) is 3.56. The van der Waals surface area contributed by atoms with E-state index in [2.05, 4.69) is 22.6 Å². The first-order chi connectivity index (χ1) is 13.9. The highest BCUT2D eigenvalue weighted by Crippen LogP contribution is 2.35. The van der Waals surface area contributed by atoms with E-state index in [0.717, 1.165) is 21.3 Å². The van der Waals surface area contributed by atoms with Crippen LogP contribution in [0.5, 0.6) is 0 Å². The van der Waals surface area contributed by atoms with E-state index in [0.29, 0.717) is 18.5 Å². The summed E-state index contributed by atoms with van der Waals surface area (Å²) in [6.07, 6.45) is 3.11. The summed E-state index contributed by atoms with van der Waals surface area (Å²) < 4.78 is 29.3. The number of sulfonamides is 1. The number of hydrogen-bond acceptors (Lipinski definition) is 4. The number of imide groups is 1. The third-order valence-corrected chi connectivity index (χ3v) is 8.21. The van der Waals surface area contributed by atoms with Gasteiger partial charge in [0.15, 0.2) is 0 Å².